The average Bonchev–Trinajstić information content (AvgIpc) is 3.11. The van der Waals surface area contributed by atoms with Crippen molar-refractivity contribution < 1.29 is 9.28 Å². The molecule has 1 atom stereocenters. The summed E-state index contributed by atoms with van der Waals surface area (Å²) in [6, 6.07) is 20.7. The topological polar surface area (TPSA) is 34.9 Å². The highest BCUT2D eigenvalue weighted by molar-refractivity contribution is 9.10. The number of quaternary nitrogens is 1. The maximum Gasteiger partial charge on any atom is 0.216 e. The third-order valence-corrected chi connectivity index (χ3v) is 7.44. The molecule has 4 aromatic rings. The van der Waals surface area contributed by atoms with Crippen LogP contribution in [0.4, 0.5) is 0 Å². The molecular formula is C28H29BrN3O+. The van der Waals surface area contributed by atoms with Gasteiger partial charge in [-0.15, -0.1) is 0 Å². The van der Waals surface area contributed by atoms with Crippen LogP contribution >= 0.6 is 15.9 Å². The largest absolute Gasteiger partial charge is 0.344 e. The van der Waals surface area contributed by atoms with Crippen LogP contribution in [0.3, 0.4) is 0 Å². The zero-order valence-electron chi connectivity index (χ0n) is 19.2. The number of Topliss-reactive ketones (excluding diaryl/α,β-unsaturated/α-hetero) is 1. The third kappa shape index (κ3) is 4.53. The lowest BCUT2D eigenvalue weighted by molar-refractivity contribution is -0.916. The summed E-state index contributed by atoms with van der Waals surface area (Å²) >= 11 is 3.46. The SMILES string of the molecule is Cc1ccc(CCn2c3c(c4ccccc42)C[N@@+](C)(CC(=O)c2ccc(Br)cc2)CC3)cn1. The molecule has 2 aromatic heterocycles. The first-order chi connectivity index (χ1) is 15.9. The minimum absolute atomic E-state index is 0.212. The number of ketones is 1. The molecule has 1 aliphatic rings. The number of fused-ring (bicyclic) bond motifs is 3. The van der Waals surface area contributed by atoms with Crippen molar-refractivity contribution in [3.05, 3.63) is 99.4 Å². The Labute approximate surface area is 203 Å². The number of aromatic nitrogens is 2. The molecule has 3 heterocycles. The van der Waals surface area contributed by atoms with Gasteiger partial charge in [-0.1, -0.05) is 52.3 Å². The highest BCUT2D eigenvalue weighted by Gasteiger charge is 2.34. The first-order valence-corrected chi connectivity index (χ1v) is 12.3. The summed E-state index contributed by atoms with van der Waals surface area (Å²) in [6.45, 7) is 5.35. The fourth-order valence-corrected chi connectivity index (χ4v) is 5.34. The molecule has 168 valence electrons. The van der Waals surface area contributed by atoms with Crippen molar-refractivity contribution in [2.75, 3.05) is 20.1 Å². The predicted octanol–water partition coefficient (Wildman–Crippen LogP) is 5.74. The van der Waals surface area contributed by atoms with E-state index in [4.69, 9.17) is 0 Å². The molecule has 0 saturated heterocycles. The lowest BCUT2D eigenvalue weighted by atomic mass is 10.0. The van der Waals surface area contributed by atoms with Crippen molar-refractivity contribution >= 4 is 32.6 Å². The lowest BCUT2D eigenvalue weighted by Gasteiger charge is -2.37. The fourth-order valence-electron chi connectivity index (χ4n) is 5.08. The first kappa shape index (κ1) is 22.1. The summed E-state index contributed by atoms with van der Waals surface area (Å²) < 4.78 is 4.25. The normalized spacial score (nSPS) is 17.8. The Hall–Kier alpha value is -2.76. The van der Waals surface area contributed by atoms with E-state index in [1.807, 2.05) is 37.4 Å². The molecule has 0 bridgehead atoms. The highest BCUT2D eigenvalue weighted by atomic mass is 79.9. The van der Waals surface area contributed by atoms with Crippen LogP contribution < -0.4 is 0 Å². The van der Waals surface area contributed by atoms with E-state index in [1.54, 1.807) is 0 Å². The standard InChI is InChI=1S/C28H29BrN3O/c1-20-7-8-21(17-30-20)13-15-31-26-6-4-3-5-24(26)25-18-32(2,16-14-27(25)31)19-28(33)22-9-11-23(29)12-10-22/h3-12,17H,13-16,18-19H2,1-2H3/q+1/t32-/m0/s1. The minimum atomic E-state index is 0.212. The molecule has 33 heavy (non-hydrogen) atoms. The average molecular weight is 503 g/mol. The van der Waals surface area contributed by atoms with E-state index in [-0.39, 0.29) is 5.78 Å². The first-order valence-electron chi connectivity index (χ1n) is 11.5. The number of rotatable bonds is 6. The predicted molar refractivity (Wildman–Crippen MR) is 136 cm³/mol. The number of aryl methyl sites for hydroxylation is 3. The molecule has 5 rings (SSSR count). The van der Waals surface area contributed by atoms with E-state index in [1.165, 1.54) is 27.7 Å². The van der Waals surface area contributed by atoms with Gasteiger partial charge in [0.2, 0.25) is 5.78 Å². The molecule has 0 aliphatic carbocycles. The van der Waals surface area contributed by atoms with Crippen molar-refractivity contribution in [1.29, 1.82) is 0 Å². The van der Waals surface area contributed by atoms with Gasteiger partial charge in [0.15, 0.2) is 0 Å². The van der Waals surface area contributed by atoms with Crippen molar-refractivity contribution in [1.82, 2.24) is 9.55 Å². The number of carbonyl (C=O) groups excluding carboxylic acids is 1. The molecule has 0 saturated carbocycles. The van der Waals surface area contributed by atoms with E-state index in [9.17, 15) is 4.79 Å². The maximum atomic E-state index is 13.1. The Bertz CT molecular complexity index is 1310. The van der Waals surface area contributed by atoms with Crippen LogP contribution in [0.2, 0.25) is 0 Å². The monoisotopic (exact) mass is 502 g/mol. The number of pyridine rings is 1. The number of nitrogens with zero attached hydrogens (tertiary/aromatic N) is 3. The Kier molecular flexibility index (Phi) is 5.94. The van der Waals surface area contributed by atoms with Gasteiger partial charge in [0.1, 0.15) is 13.1 Å². The summed E-state index contributed by atoms with van der Waals surface area (Å²) in [5.41, 5.74) is 7.25. The highest BCUT2D eigenvalue weighted by Crippen LogP contribution is 2.33. The molecular weight excluding hydrogens is 474 g/mol. The van der Waals surface area contributed by atoms with Gasteiger partial charge in [0.05, 0.1) is 13.6 Å². The second kappa shape index (κ2) is 8.88. The molecule has 1 aliphatic heterocycles. The van der Waals surface area contributed by atoms with E-state index in [0.29, 0.717) is 6.54 Å². The smallest absolute Gasteiger partial charge is 0.216 e. The van der Waals surface area contributed by atoms with Gasteiger partial charge < -0.3 is 9.05 Å². The van der Waals surface area contributed by atoms with Gasteiger partial charge in [-0.25, -0.2) is 0 Å². The van der Waals surface area contributed by atoms with Crippen LogP contribution in [-0.4, -0.2) is 40.0 Å². The van der Waals surface area contributed by atoms with E-state index < -0.39 is 0 Å². The molecule has 4 nitrogen and oxygen atoms in total. The maximum absolute atomic E-state index is 13.1. The number of para-hydroxylation sites is 1. The number of carbonyl (C=O) groups is 1. The summed E-state index contributed by atoms with van der Waals surface area (Å²) in [4.78, 5) is 17.5. The van der Waals surface area contributed by atoms with E-state index >= 15 is 0 Å². The van der Waals surface area contributed by atoms with Crippen molar-refractivity contribution in [3.63, 3.8) is 0 Å². The van der Waals surface area contributed by atoms with Crippen LogP contribution in [0.1, 0.15) is 32.9 Å². The van der Waals surface area contributed by atoms with Crippen LogP contribution in [0, 0.1) is 6.92 Å². The third-order valence-electron chi connectivity index (χ3n) is 6.91. The van der Waals surface area contributed by atoms with Gasteiger partial charge >= 0.3 is 0 Å². The Morgan fingerprint density at radius 2 is 1.88 bits per heavy atom. The van der Waals surface area contributed by atoms with Crippen LogP contribution in [0.5, 0.6) is 0 Å². The molecule has 0 amide bonds. The Balaban J connectivity index is 1.41. The molecule has 0 N–H and O–H groups in total. The molecule has 2 aromatic carbocycles. The fraction of sp³-hybridized carbons (Fsp3) is 0.286. The summed E-state index contributed by atoms with van der Waals surface area (Å²) in [5.74, 6) is 0.212. The molecule has 0 fully saturated rings. The van der Waals surface area contributed by atoms with E-state index in [0.717, 1.165) is 52.7 Å². The summed E-state index contributed by atoms with van der Waals surface area (Å²) in [7, 11) is 2.23. The quantitative estimate of drug-likeness (QED) is 0.249. The molecule has 0 spiro atoms. The van der Waals surface area contributed by atoms with E-state index in [2.05, 4.69) is 68.9 Å². The minimum Gasteiger partial charge on any atom is -0.344 e. The molecule has 0 radical (unpaired) electrons. The molecule has 5 heteroatoms. The van der Waals surface area contributed by atoms with Gasteiger partial charge in [-0.2, -0.15) is 0 Å². The molecule has 0 unspecified atom stereocenters. The second-order valence-electron chi connectivity index (χ2n) is 9.49. The van der Waals surface area contributed by atoms with Gasteiger partial charge in [0.25, 0.3) is 0 Å². The van der Waals surface area contributed by atoms with Crippen molar-refractivity contribution in [3.8, 4) is 0 Å². The zero-order valence-corrected chi connectivity index (χ0v) is 20.8. The number of hydrogen-bond acceptors (Lipinski definition) is 2. The van der Waals surface area contributed by atoms with Crippen molar-refractivity contribution in [2.24, 2.45) is 0 Å². The number of halogens is 1. The van der Waals surface area contributed by atoms with Crippen LogP contribution in [0.25, 0.3) is 10.9 Å². The summed E-state index contributed by atoms with van der Waals surface area (Å²) in [6.07, 6.45) is 3.95. The van der Waals surface area contributed by atoms with Gasteiger partial charge in [0, 0.05) is 57.1 Å². The zero-order chi connectivity index (χ0) is 23.0. The second-order valence-corrected chi connectivity index (χ2v) is 10.4. The number of hydrogen-bond donors (Lipinski definition) is 0. The van der Waals surface area contributed by atoms with Crippen molar-refractivity contribution in [2.45, 2.75) is 32.9 Å². The van der Waals surface area contributed by atoms with Crippen LogP contribution in [0.15, 0.2) is 71.3 Å². The summed E-state index contributed by atoms with van der Waals surface area (Å²) in [5, 5.41) is 1.33. The number of benzene rings is 2. The number of likely N-dealkylation sites (N-methyl/N-ethyl adjacent to an activating group) is 1. The Morgan fingerprint density at radius 1 is 1.09 bits per heavy atom. The van der Waals surface area contributed by atoms with Crippen LogP contribution in [-0.2, 0) is 25.9 Å². The lowest BCUT2D eigenvalue weighted by Crippen LogP contribution is -2.50. The van der Waals surface area contributed by atoms with Gasteiger partial charge in [-0.3, -0.25) is 9.78 Å². The van der Waals surface area contributed by atoms with Gasteiger partial charge in [-0.05, 0) is 43.2 Å². The Morgan fingerprint density at radius 3 is 2.64 bits per heavy atom.